The molecule has 0 aliphatic heterocycles. The lowest BCUT2D eigenvalue weighted by molar-refractivity contribution is -0.115. The summed E-state index contributed by atoms with van der Waals surface area (Å²) in [7, 11) is 2.03. The summed E-state index contributed by atoms with van der Waals surface area (Å²) in [6.45, 7) is 3.95. The van der Waals surface area contributed by atoms with Crippen molar-refractivity contribution in [2.75, 3.05) is 5.32 Å². The van der Waals surface area contributed by atoms with E-state index in [1.165, 1.54) is 0 Å². The number of para-hydroxylation sites is 1. The van der Waals surface area contributed by atoms with Crippen LogP contribution in [0.2, 0.25) is 5.02 Å². The Labute approximate surface area is 140 Å². The number of carbonyl (C=O) groups is 1. The van der Waals surface area contributed by atoms with E-state index in [2.05, 4.69) is 22.0 Å². The fourth-order valence-electron chi connectivity index (χ4n) is 2.92. The Morgan fingerprint density at radius 3 is 2.65 bits per heavy atom. The maximum Gasteiger partial charge on any atom is 0.228 e. The summed E-state index contributed by atoms with van der Waals surface area (Å²) in [4.78, 5) is 12.5. The van der Waals surface area contributed by atoms with Gasteiger partial charge < -0.3 is 9.88 Å². The van der Waals surface area contributed by atoms with Crippen LogP contribution in [0.15, 0.2) is 42.5 Å². The van der Waals surface area contributed by atoms with Crippen LogP contribution in [0.3, 0.4) is 0 Å². The first kappa shape index (κ1) is 15.6. The smallest absolute Gasteiger partial charge is 0.228 e. The molecule has 0 aliphatic carbocycles. The van der Waals surface area contributed by atoms with E-state index < -0.39 is 0 Å². The molecule has 1 aromatic heterocycles. The van der Waals surface area contributed by atoms with Crippen LogP contribution in [0.5, 0.6) is 0 Å². The third-order valence-corrected chi connectivity index (χ3v) is 4.82. The summed E-state index contributed by atoms with van der Waals surface area (Å²) in [5.74, 6) is -0.0326. The van der Waals surface area contributed by atoms with Gasteiger partial charge in [0.05, 0.1) is 6.42 Å². The Bertz CT molecular complexity index is 896. The normalized spacial score (nSPS) is 11.0. The average Bonchev–Trinajstić information content (AvgIpc) is 2.77. The highest BCUT2D eigenvalue weighted by Crippen LogP contribution is 2.26. The number of anilines is 1. The lowest BCUT2D eigenvalue weighted by atomic mass is 10.1. The first-order valence-electron chi connectivity index (χ1n) is 7.57. The second kappa shape index (κ2) is 6.09. The van der Waals surface area contributed by atoms with Crippen LogP contribution in [0.25, 0.3) is 10.9 Å². The number of benzene rings is 2. The SMILES string of the molecule is Cc1c(Cl)cccc1NC(=O)Cc1c(C)n(C)c2ccccc12. The molecule has 4 heteroatoms. The van der Waals surface area contributed by atoms with Crippen molar-refractivity contribution in [1.82, 2.24) is 4.57 Å². The molecule has 1 N–H and O–H groups in total. The number of nitrogens with zero attached hydrogens (tertiary/aromatic N) is 1. The van der Waals surface area contributed by atoms with Crippen LogP contribution < -0.4 is 5.32 Å². The minimum atomic E-state index is -0.0326. The maximum atomic E-state index is 12.5. The van der Waals surface area contributed by atoms with E-state index in [0.717, 1.165) is 33.4 Å². The van der Waals surface area contributed by atoms with Gasteiger partial charge in [-0.25, -0.2) is 0 Å². The third kappa shape index (κ3) is 2.84. The summed E-state index contributed by atoms with van der Waals surface area (Å²) in [6, 6.07) is 13.7. The average molecular weight is 327 g/mol. The van der Waals surface area contributed by atoms with Crippen LogP contribution in [-0.4, -0.2) is 10.5 Å². The van der Waals surface area contributed by atoms with E-state index in [1.54, 1.807) is 0 Å². The predicted octanol–water partition coefficient (Wildman–Crippen LogP) is 4.63. The zero-order chi connectivity index (χ0) is 16.6. The number of rotatable bonds is 3. The standard InChI is InChI=1S/C19H19ClN2O/c1-12-16(20)8-6-9-17(12)21-19(23)11-15-13(2)22(3)18-10-5-4-7-14(15)18/h4-10H,11H2,1-3H3,(H,21,23). The highest BCUT2D eigenvalue weighted by Gasteiger charge is 2.15. The first-order chi connectivity index (χ1) is 11.0. The van der Waals surface area contributed by atoms with Crippen LogP contribution in [-0.2, 0) is 18.3 Å². The molecule has 3 nitrogen and oxygen atoms in total. The zero-order valence-electron chi connectivity index (χ0n) is 13.5. The molecule has 0 fully saturated rings. The maximum absolute atomic E-state index is 12.5. The number of amides is 1. The minimum absolute atomic E-state index is 0.0326. The van der Waals surface area contributed by atoms with Crippen molar-refractivity contribution in [2.45, 2.75) is 20.3 Å². The number of hydrogen-bond acceptors (Lipinski definition) is 1. The molecule has 1 heterocycles. The van der Waals surface area contributed by atoms with Gasteiger partial charge in [0.2, 0.25) is 5.91 Å². The summed E-state index contributed by atoms with van der Waals surface area (Å²) >= 11 is 6.11. The van der Waals surface area contributed by atoms with E-state index in [-0.39, 0.29) is 5.91 Å². The van der Waals surface area contributed by atoms with Gasteiger partial charge in [-0.2, -0.15) is 0 Å². The fourth-order valence-corrected chi connectivity index (χ4v) is 3.09. The molecular formula is C19H19ClN2O. The topological polar surface area (TPSA) is 34.0 Å². The molecule has 3 aromatic rings. The number of carbonyl (C=O) groups excluding carboxylic acids is 1. The Balaban J connectivity index is 1.89. The van der Waals surface area contributed by atoms with Gasteiger partial charge in [0.1, 0.15) is 0 Å². The second-order valence-corrected chi connectivity index (χ2v) is 6.18. The fraction of sp³-hybridized carbons (Fsp3) is 0.211. The Morgan fingerprint density at radius 1 is 1.13 bits per heavy atom. The van der Waals surface area contributed by atoms with Crippen molar-refractivity contribution >= 4 is 34.1 Å². The summed E-state index contributed by atoms with van der Waals surface area (Å²) in [6.07, 6.45) is 0.346. The molecular weight excluding hydrogens is 308 g/mol. The van der Waals surface area contributed by atoms with Gasteiger partial charge in [0.25, 0.3) is 0 Å². The van der Waals surface area contributed by atoms with Gasteiger partial charge in [-0.05, 0) is 43.2 Å². The molecule has 0 saturated heterocycles. The molecule has 0 spiro atoms. The van der Waals surface area contributed by atoms with Gasteiger partial charge in [-0.1, -0.05) is 35.9 Å². The summed E-state index contributed by atoms with van der Waals surface area (Å²) in [5, 5.41) is 4.75. The van der Waals surface area contributed by atoms with Gasteiger partial charge in [0, 0.05) is 34.4 Å². The van der Waals surface area contributed by atoms with Crippen LogP contribution in [0.1, 0.15) is 16.8 Å². The van der Waals surface area contributed by atoms with Crippen molar-refractivity contribution in [2.24, 2.45) is 7.05 Å². The highest BCUT2D eigenvalue weighted by molar-refractivity contribution is 6.31. The van der Waals surface area contributed by atoms with E-state index >= 15 is 0 Å². The molecule has 0 atom stereocenters. The first-order valence-corrected chi connectivity index (χ1v) is 7.94. The van der Waals surface area contributed by atoms with E-state index in [0.29, 0.717) is 11.4 Å². The molecule has 0 unspecified atom stereocenters. The van der Waals surface area contributed by atoms with Gasteiger partial charge in [-0.15, -0.1) is 0 Å². The molecule has 23 heavy (non-hydrogen) atoms. The monoisotopic (exact) mass is 326 g/mol. The van der Waals surface area contributed by atoms with Crippen molar-refractivity contribution < 1.29 is 4.79 Å². The van der Waals surface area contributed by atoms with Crippen LogP contribution in [0.4, 0.5) is 5.69 Å². The largest absolute Gasteiger partial charge is 0.348 e. The van der Waals surface area contributed by atoms with E-state index in [4.69, 9.17) is 11.6 Å². The molecule has 3 rings (SSSR count). The quantitative estimate of drug-likeness (QED) is 0.748. The number of fused-ring (bicyclic) bond motifs is 1. The Morgan fingerprint density at radius 2 is 1.87 bits per heavy atom. The van der Waals surface area contributed by atoms with Crippen LogP contribution >= 0.6 is 11.6 Å². The number of aryl methyl sites for hydroxylation is 1. The predicted molar refractivity (Wildman–Crippen MR) is 96.2 cm³/mol. The molecule has 0 aliphatic rings. The molecule has 1 amide bonds. The van der Waals surface area contributed by atoms with Crippen molar-refractivity contribution in [1.29, 1.82) is 0 Å². The number of nitrogens with one attached hydrogen (secondary N) is 1. The van der Waals surface area contributed by atoms with E-state index in [9.17, 15) is 4.79 Å². The Hall–Kier alpha value is -2.26. The van der Waals surface area contributed by atoms with Gasteiger partial charge in [-0.3, -0.25) is 4.79 Å². The Kier molecular flexibility index (Phi) is 4.14. The van der Waals surface area contributed by atoms with Crippen LogP contribution in [0, 0.1) is 13.8 Å². The molecule has 0 radical (unpaired) electrons. The summed E-state index contributed by atoms with van der Waals surface area (Å²) in [5.41, 5.74) is 4.98. The third-order valence-electron chi connectivity index (χ3n) is 4.41. The second-order valence-electron chi connectivity index (χ2n) is 5.78. The summed E-state index contributed by atoms with van der Waals surface area (Å²) < 4.78 is 2.13. The highest BCUT2D eigenvalue weighted by atomic mass is 35.5. The van der Waals surface area contributed by atoms with Crippen molar-refractivity contribution in [3.05, 3.63) is 64.3 Å². The zero-order valence-corrected chi connectivity index (χ0v) is 14.2. The minimum Gasteiger partial charge on any atom is -0.348 e. The number of aromatic nitrogens is 1. The lowest BCUT2D eigenvalue weighted by Gasteiger charge is -2.10. The lowest BCUT2D eigenvalue weighted by Crippen LogP contribution is -2.15. The van der Waals surface area contributed by atoms with E-state index in [1.807, 2.05) is 51.2 Å². The molecule has 118 valence electrons. The van der Waals surface area contributed by atoms with Crippen molar-refractivity contribution in [3.63, 3.8) is 0 Å². The molecule has 0 bridgehead atoms. The number of hydrogen-bond donors (Lipinski definition) is 1. The van der Waals surface area contributed by atoms with Crippen molar-refractivity contribution in [3.8, 4) is 0 Å². The molecule has 0 saturated carbocycles. The van der Waals surface area contributed by atoms with Gasteiger partial charge >= 0.3 is 0 Å². The van der Waals surface area contributed by atoms with Gasteiger partial charge in [0.15, 0.2) is 0 Å². The molecule has 2 aromatic carbocycles. The number of halogens is 1.